The molecule has 0 bridgehead atoms. The number of hydrogen-bond acceptors (Lipinski definition) is 5. The summed E-state index contributed by atoms with van der Waals surface area (Å²) in [6, 6.07) is 8.09. The van der Waals surface area contributed by atoms with Crippen LogP contribution in [0.3, 0.4) is 0 Å². The predicted octanol–water partition coefficient (Wildman–Crippen LogP) is 3.69. The minimum atomic E-state index is -0.307. The number of nitrogens with one attached hydrogen (secondary N) is 1. The first-order valence-corrected chi connectivity index (χ1v) is 10.2. The van der Waals surface area contributed by atoms with E-state index in [1.807, 2.05) is 10.7 Å². The summed E-state index contributed by atoms with van der Waals surface area (Å²) < 4.78 is 26.3. The van der Waals surface area contributed by atoms with Crippen LogP contribution in [0.2, 0.25) is 0 Å². The molecule has 1 N–H and O–H groups in total. The van der Waals surface area contributed by atoms with Gasteiger partial charge in [0.25, 0.3) is 0 Å². The van der Waals surface area contributed by atoms with Crippen molar-refractivity contribution in [1.29, 1.82) is 0 Å². The number of aromatic nitrogens is 3. The van der Waals surface area contributed by atoms with Crippen molar-refractivity contribution >= 4 is 5.91 Å². The van der Waals surface area contributed by atoms with Crippen LogP contribution < -0.4 is 5.32 Å². The zero-order chi connectivity index (χ0) is 21.1. The number of oxazole rings is 1. The monoisotopic (exact) mass is 412 g/mol. The van der Waals surface area contributed by atoms with Crippen molar-refractivity contribution < 1.29 is 18.3 Å². The molecule has 2 atom stereocenters. The second kappa shape index (κ2) is 8.79. The van der Waals surface area contributed by atoms with Gasteiger partial charge in [-0.2, -0.15) is 5.10 Å². The van der Waals surface area contributed by atoms with E-state index in [2.05, 4.69) is 29.2 Å². The van der Waals surface area contributed by atoms with Gasteiger partial charge in [-0.15, -0.1) is 0 Å². The number of benzene rings is 1. The third kappa shape index (κ3) is 4.28. The molecule has 7 nitrogen and oxygen atoms in total. The van der Waals surface area contributed by atoms with Crippen molar-refractivity contribution in [3.63, 3.8) is 0 Å². The number of rotatable bonds is 7. The van der Waals surface area contributed by atoms with Crippen molar-refractivity contribution in [2.75, 3.05) is 13.2 Å². The number of amides is 1. The Morgan fingerprint density at radius 1 is 1.30 bits per heavy atom. The molecule has 3 heterocycles. The molecular formula is C22H25FN4O3. The second-order valence-corrected chi connectivity index (χ2v) is 7.67. The SMILES string of the molecule is CC(C)n1nccc1[C@H]1OCC[C@@H]1C(=O)NCCc1coc(-c2ccc(F)cc2)n1. The quantitative estimate of drug-likeness (QED) is 0.640. The highest BCUT2D eigenvalue weighted by Gasteiger charge is 2.37. The van der Waals surface area contributed by atoms with Gasteiger partial charge in [-0.05, 0) is 50.6 Å². The Hall–Kier alpha value is -3.00. The van der Waals surface area contributed by atoms with Crippen LogP contribution in [-0.2, 0) is 16.0 Å². The Morgan fingerprint density at radius 2 is 2.10 bits per heavy atom. The average Bonchev–Trinajstić information content (AvgIpc) is 3.48. The van der Waals surface area contributed by atoms with Gasteiger partial charge in [0.15, 0.2) is 0 Å². The van der Waals surface area contributed by atoms with E-state index in [0.717, 1.165) is 11.4 Å². The molecule has 1 amide bonds. The lowest BCUT2D eigenvalue weighted by Gasteiger charge is -2.21. The van der Waals surface area contributed by atoms with E-state index in [-0.39, 0.29) is 29.8 Å². The summed E-state index contributed by atoms with van der Waals surface area (Å²) in [4.78, 5) is 17.2. The zero-order valence-electron chi connectivity index (χ0n) is 17.0. The van der Waals surface area contributed by atoms with Gasteiger partial charge in [0.2, 0.25) is 11.8 Å². The minimum Gasteiger partial charge on any atom is -0.444 e. The van der Waals surface area contributed by atoms with Gasteiger partial charge < -0.3 is 14.5 Å². The largest absolute Gasteiger partial charge is 0.444 e. The van der Waals surface area contributed by atoms with Crippen molar-refractivity contribution in [1.82, 2.24) is 20.1 Å². The third-order valence-corrected chi connectivity index (χ3v) is 5.23. The van der Waals surface area contributed by atoms with Crippen LogP contribution in [0, 0.1) is 11.7 Å². The molecular weight excluding hydrogens is 387 g/mol. The lowest BCUT2D eigenvalue weighted by atomic mass is 9.97. The van der Waals surface area contributed by atoms with Crippen molar-refractivity contribution in [3.05, 3.63) is 60.0 Å². The molecule has 1 aliphatic rings. The summed E-state index contributed by atoms with van der Waals surface area (Å²) in [5, 5.41) is 7.34. The molecule has 30 heavy (non-hydrogen) atoms. The van der Waals surface area contributed by atoms with E-state index < -0.39 is 0 Å². The summed E-state index contributed by atoms with van der Waals surface area (Å²) in [5.74, 6) is -0.149. The minimum absolute atomic E-state index is 0.0312. The van der Waals surface area contributed by atoms with Gasteiger partial charge >= 0.3 is 0 Å². The fourth-order valence-electron chi connectivity index (χ4n) is 3.72. The molecule has 1 aromatic carbocycles. The third-order valence-electron chi connectivity index (χ3n) is 5.23. The van der Waals surface area contributed by atoms with Crippen LogP contribution in [0.25, 0.3) is 11.5 Å². The van der Waals surface area contributed by atoms with Gasteiger partial charge in [-0.3, -0.25) is 9.48 Å². The summed E-state index contributed by atoms with van der Waals surface area (Å²) in [7, 11) is 0. The van der Waals surface area contributed by atoms with Crippen LogP contribution >= 0.6 is 0 Å². The highest BCUT2D eigenvalue weighted by atomic mass is 19.1. The molecule has 1 aliphatic heterocycles. The zero-order valence-corrected chi connectivity index (χ0v) is 17.0. The van der Waals surface area contributed by atoms with Gasteiger partial charge in [0.05, 0.1) is 17.3 Å². The van der Waals surface area contributed by atoms with Crippen LogP contribution in [0.15, 0.2) is 47.2 Å². The van der Waals surface area contributed by atoms with Crippen molar-refractivity contribution in [2.24, 2.45) is 5.92 Å². The first-order chi connectivity index (χ1) is 14.5. The van der Waals surface area contributed by atoms with Crippen LogP contribution in [0.5, 0.6) is 0 Å². The van der Waals surface area contributed by atoms with Gasteiger partial charge in [0.1, 0.15) is 18.2 Å². The molecule has 0 unspecified atom stereocenters. The first kappa shape index (κ1) is 20.3. The van der Waals surface area contributed by atoms with E-state index in [1.54, 1.807) is 24.6 Å². The van der Waals surface area contributed by atoms with Gasteiger partial charge in [-0.25, -0.2) is 9.37 Å². The molecule has 1 saturated heterocycles. The summed E-state index contributed by atoms with van der Waals surface area (Å²) in [5.41, 5.74) is 2.37. The first-order valence-electron chi connectivity index (χ1n) is 10.2. The van der Waals surface area contributed by atoms with E-state index in [9.17, 15) is 9.18 Å². The fourth-order valence-corrected chi connectivity index (χ4v) is 3.72. The normalized spacial score (nSPS) is 18.8. The summed E-state index contributed by atoms with van der Waals surface area (Å²) >= 11 is 0. The molecule has 8 heteroatoms. The predicted molar refractivity (Wildman–Crippen MR) is 108 cm³/mol. The maximum Gasteiger partial charge on any atom is 0.226 e. The molecule has 1 fully saturated rings. The van der Waals surface area contributed by atoms with Crippen molar-refractivity contribution in [2.45, 2.75) is 38.8 Å². The molecule has 0 radical (unpaired) electrons. The standard InChI is InChI=1S/C22H25FN4O3/c1-14(2)27-19(8-11-25-27)20-18(9-12-29-20)21(28)24-10-7-17-13-30-22(26-17)15-3-5-16(23)6-4-15/h3-6,8,11,13-14,18,20H,7,9-10,12H2,1-2H3,(H,24,28)/t18-,20-/m0/s1. The molecule has 0 spiro atoms. The molecule has 0 aliphatic carbocycles. The maximum absolute atomic E-state index is 13.1. The number of hydrogen-bond donors (Lipinski definition) is 1. The van der Waals surface area contributed by atoms with Crippen molar-refractivity contribution in [3.8, 4) is 11.5 Å². The topological polar surface area (TPSA) is 82.2 Å². The van der Waals surface area contributed by atoms with E-state index >= 15 is 0 Å². The van der Waals surface area contributed by atoms with Crippen LogP contribution in [0.1, 0.15) is 43.8 Å². The van der Waals surface area contributed by atoms with Crippen LogP contribution in [-0.4, -0.2) is 33.8 Å². The van der Waals surface area contributed by atoms with Gasteiger partial charge in [0, 0.05) is 37.4 Å². The molecule has 0 saturated carbocycles. The van der Waals surface area contributed by atoms with E-state index in [4.69, 9.17) is 9.15 Å². The Morgan fingerprint density at radius 3 is 2.87 bits per heavy atom. The number of ether oxygens (including phenoxy) is 1. The number of nitrogens with zero attached hydrogens (tertiary/aromatic N) is 3. The molecule has 4 rings (SSSR count). The Labute approximate surface area is 174 Å². The Balaban J connectivity index is 1.33. The lowest BCUT2D eigenvalue weighted by molar-refractivity contribution is -0.126. The van der Waals surface area contributed by atoms with Crippen LogP contribution in [0.4, 0.5) is 4.39 Å². The molecule has 2 aromatic heterocycles. The Bertz CT molecular complexity index is 996. The molecule has 3 aromatic rings. The average molecular weight is 412 g/mol. The fraction of sp³-hybridized carbons (Fsp3) is 0.409. The number of halogens is 1. The second-order valence-electron chi connectivity index (χ2n) is 7.67. The highest BCUT2D eigenvalue weighted by Crippen LogP contribution is 2.35. The highest BCUT2D eigenvalue weighted by molar-refractivity contribution is 5.79. The lowest BCUT2D eigenvalue weighted by Crippen LogP contribution is -2.34. The smallest absolute Gasteiger partial charge is 0.226 e. The number of carbonyl (C=O) groups excluding carboxylic acids is 1. The number of carbonyl (C=O) groups is 1. The molecule has 158 valence electrons. The maximum atomic E-state index is 13.1. The Kier molecular flexibility index (Phi) is 5.94. The summed E-state index contributed by atoms with van der Waals surface area (Å²) in [6.07, 6.45) is 4.24. The van der Waals surface area contributed by atoms with E-state index in [0.29, 0.717) is 37.4 Å². The summed E-state index contributed by atoms with van der Waals surface area (Å²) in [6.45, 7) is 5.11. The van der Waals surface area contributed by atoms with E-state index in [1.165, 1.54) is 12.1 Å². The van der Waals surface area contributed by atoms with Gasteiger partial charge in [-0.1, -0.05) is 0 Å².